The fourth-order valence-electron chi connectivity index (χ4n) is 2.00. The van der Waals surface area contributed by atoms with E-state index >= 15 is 0 Å². The van der Waals surface area contributed by atoms with Crippen LogP contribution in [0.4, 0.5) is 0 Å². The SMILES string of the molecule is Cc1ccc(C(Cl)c2ccc(S(C)(=O)=O)cc2)cc1C. The van der Waals surface area contributed by atoms with Crippen molar-refractivity contribution in [3.63, 3.8) is 0 Å². The van der Waals surface area contributed by atoms with E-state index < -0.39 is 9.84 Å². The van der Waals surface area contributed by atoms with E-state index in [4.69, 9.17) is 11.6 Å². The zero-order valence-electron chi connectivity index (χ0n) is 11.7. The van der Waals surface area contributed by atoms with Gasteiger partial charge in [-0.2, -0.15) is 0 Å². The molecule has 0 bridgehead atoms. The second-order valence-electron chi connectivity index (χ2n) is 5.05. The Labute approximate surface area is 125 Å². The Morgan fingerprint density at radius 1 is 0.900 bits per heavy atom. The van der Waals surface area contributed by atoms with Gasteiger partial charge in [0.25, 0.3) is 0 Å². The van der Waals surface area contributed by atoms with Crippen molar-refractivity contribution < 1.29 is 8.42 Å². The number of sulfone groups is 1. The lowest BCUT2D eigenvalue weighted by Gasteiger charge is -2.12. The highest BCUT2D eigenvalue weighted by molar-refractivity contribution is 7.90. The molecule has 1 unspecified atom stereocenters. The second-order valence-corrected chi connectivity index (χ2v) is 7.50. The van der Waals surface area contributed by atoms with Gasteiger partial charge in [0, 0.05) is 6.26 Å². The van der Waals surface area contributed by atoms with Gasteiger partial charge in [0.2, 0.25) is 0 Å². The highest BCUT2D eigenvalue weighted by Crippen LogP contribution is 2.30. The van der Waals surface area contributed by atoms with Crippen LogP contribution in [-0.2, 0) is 9.84 Å². The van der Waals surface area contributed by atoms with Gasteiger partial charge in [-0.05, 0) is 48.2 Å². The van der Waals surface area contributed by atoms with Crippen molar-refractivity contribution in [3.05, 3.63) is 64.7 Å². The molecule has 4 heteroatoms. The van der Waals surface area contributed by atoms with Crippen molar-refractivity contribution in [1.82, 2.24) is 0 Å². The summed E-state index contributed by atoms with van der Waals surface area (Å²) in [5.41, 5.74) is 4.33. The molecule has 1 atom stereocenters. The van der Waals surface area contributed by atoms with Crippen molar-refractivity contribution >= 4 is 21.4 Å². The maximum Gasteiger partial charge on any atom is 0.175 e. The molecule has 0 aromatic heterocycles. The first kappa shape index (κ1) is 15.1. The molecule has 0 saturated heterocycles. The van der Waals surface area contributed by atoms with Gasteiger partial charge >= 0.3 is 0 Å². The predicted octanol–water partition coefficient (Wildman–Crippen LogP) is 4.04. The van der Waals surface area contributed by atoms with E-state index in [9.17, 15) is 8.42 Å². The van der Waals surface area contributed by atoms with Crippen molar-refractivity contribution in [2.75, 3.05) is 6.26 Å². The zero-order valence-corrected chi connectivity index (χ0v) is 13.3. The third-order valence-electron chi connectivity index (χ3n) is 3.42. The molecule has 0 aliphatic rings. The van der Waals surface area contributed by atoms with Crippen LogP contribution >= 0.6 is 11.6 Å². The summed E-state index contributed by atoms with van der Waals surface area (Å²) in [5.74, 6) is 0. The van der Waals surface area contributed by atoms with E-state index in [0.29, 0.717) is 4.90 Å². The molecule has 2 nitrogen and oxygen atoms in total. The third-order valence-corrected chi connectivity index (χ3v) is 5.06. The first-order chi connectivity index (χ1) is 9.29. The molecule has 2 rings (SSSR count). The van der Waals surface area contributed by atoms with E-state index in [1.807, 2.05) is 12.1 Å². The Balaban J connectivity index is 2.33. The van der Waals surface area contributed by atoms with Gasteiger partial charge in [0.1, 0.15) is 0 Å². The minimum absolute atomic E-state index is 0.275. The molecular formula is C16H17ClO2S. The second kappa shape index (κ2) is 5.58. The van der Waals surface area contributed by atoms with E-state index in [0.717, 1.165) is 11.1 Å². The third kappa shape index (κ3) is 3.22. The zero-order chi connectivity index (χ0) is 14.9. The summed E-state index contributed by atoms with van der Waals surface area (Å²) >= 11 is 6.47. The topological polar surface area (TPSA) is 34.1 Å². The molecule has 0 amide bonds. The Kier molecular flexibility index (Phi) is 4.21. The van der Waals surface area contributed by atoms with E-state index in [-0.39, 0.29) is 5.38 Å². The molecule has 0 saturated carbocycles. The predicted molar refractivity (Wildman–Crippen MR) is 83.2 cm³/mol. The molecule has 0 aliphatic carbocycles. The number of alkyl halides is 1. The molecule has 2 aromatic rings. The molecule has 0 heterocycles. The van der Waals surface area contributed by atoms with Crippen LogP contribution in [0.5, 0.6) is 0 Å². The summed E-state index contributed by atoms with van der Waals surface area (Å²) in [6, 6.07) is 12.8. The molecule has 2 aromatic carbocycles. The van der Waals surface area contributed by atoms with Crippen LogP contribution < -0.4 is 0 Å². The Bertz CT molecular complexity index is 719. The number of rotatable bonds is 3. The average molecular weight is 309 g/mol. The van der Waals surface area contributed by atoms with Gasteiger partial charge in [-0.1, -0.05) is 30.3 Å². The summed E-state index contributed by atoms with van der Waals surface area (Å²) in [5, 5.41) is -0.275. The van der Waals surface area contributed by atoms with Crippen LogP contribution in [0.15, 0.2) is 47.4 Å². The molecular weight excluding hydrogens is 292 g/mol. The van der Waals surface area contributed by atoms with Crippen molar-refractivity contribution in [2.45, 2.75) is 24.1 Å². The van der Waals surface area contributed by atoms with Crippen molar-refractivity contribution in [3.8, 4) is 0 Å². The van der Waals surface area contributed by atoms with Gasteiger partial charge < -0.3 is 0 Å². The van der Waals surface area contributed by atoms with E-state index in [1.165, 1.54) is 17.4 Å². The first-order valence-electron chi connectivity index (χ1n) is 6.30. The van der Waals surface area contributed by atoms with Gasteiger partial charge in [-0.3, -0.25) is 0 Å². The largest absolute Gasteiger partial charge is 0.224 e. The van der Waals surface area contributed by atoms with Crippen LogP contribution in [-0.4, -0.2) is 14.7 Å². The highest BCUT2D eigenvalue weighted by Gasteiger charge is 2.13. The fraction of sp³-hybridized carbons (Fsp3) is 0.250. The molecule has 0 aliphatic heterocycles. The Morgan fingerprint density at radius 2 is 1.45 bits per heavy atom. The lowest BCUT2D eigenvalue weighted by molar-refractivity contribution is 0.602. The number of halogens is 1. The Hall–Kier alpha value is -1.32. The fourth-order valence-corrected chi connectivity index (χ4v) is 2.91. The summed E-state index contributed by atoms with van der Waals surface area (Å²) in [7, 11) is -3.17. The monoisotopic (exact) mass is 308 g/mol. The summed E-state index contributed by atoms with van der Waals surface area (Å²) in [4.78, 5) is 0.310. The Morgan fingerprint density at radius 3 is 1.95 bits per heavy atom. The van der Waals surface area contributed by atoms with Crippen LogP contribution in [0.3, 0.4) is 0 Å². The molecule has 0 fully saturated rings. The lowest BCUT2D eigenvalue weighted by Crippen LogP contribution is -1.99. The van der Waals surface area contributed by atoms with E-state index in [1.54, 1.807) is 24.3 Å². The molecule has 106 valence electrons. The van der Waals surface area contributed by atoms with E-state index in [2.05, 4.69) is 19.9 Å². The first-order valence-corrected chi connectivity index (χ1v) is 8.63. The van der Waals surface area contributed by atoms with Crippen molar-refractivity contribution in [2.24, 2.45) is 0 Å². The van der Waals surface area contributed by atoms with Crippen LogP contribution in [0.1, 0.15) is 27.6 Å². The molecule has 0 radical (unpaired) electrons. The van der Waals surface area contributed by atoms with Crippen LogP contribution in [0.2, 0.25) is 0 Å². The maximum atomic E-state index is 11.4. The quantitative estimate of drug-likeness (QED) is 0.802. The lowest BCUT2D eigenvalue weighted by atomic mass is 10.0. The summed E-state index contributed by atoms with van der Waals surface area (Å²) < 4.78 is 22.9. The average Bonchev–Trinajstić information content (AvgIpc) is 2.40. The number of hydrogen-bond donors (Lipinski definition) is 0. The number of benzene rings is 2. The number of hydrogen-bond acceptors (Lipinski definition) is 2. The standard InChI is InChI=1S/C16H17ClO2S/c1-11-4-5-14(10-12(11)2)16(17)13-6-8-15(9-7-13)20(3,18)19/h4-10,16H,1-3H3. The minimum atomic E-state index is -3.17. The van der Waals surface area contributed by atoms with Crippen LogP contribution in [0.25, 0.3) is 0 Å². The van der Waals surface area contributed by atoms with Gasteiger partial charge in [-0.25, -0.2) is 8.42 Å². The maximum absolute atomic E-state index is 11.4. The highest BCUT2D eigenvalue weighted by atomic mass is 35.5. The smallest absolute Gasteiger partial charge is 0.175 e. The normalized spacial score (nSPS) is 13.2. The molecule has 20 heavy (non-hydrogen) atoms. The molecule has 0 spiro atoms. The summed E-state index contributed by atoms with van der Waals surface area (Å²) in [6.45, 7) is 4.11. The van der Waals surface area contributed by atoms with Gasteiger partial charge in [0.05, 0.1) is 10.3 Å². The van der Waals surface area contributed by atoms with Gasteiger partial charge in [-0.15, -0.1) is 11.6 Å². The summed E-state index contributed by atoms with van der Waals surface area (Å²) in [6.07, 6.45) is 1.20. The van der Waals surface area contributed by atoms with Crippen LogP contribution in [0, 0.1) is 13.8 Å². The van der Waals surface area contributed by atoms with Gasteiger partial charge in [0.15, 0.2) is 9.84 Å². The van der Waals surface area contributed by atoms with Crippen molar-refractivity contribution in [1.29, 1.82) is 0 Å². The molecule has 0 N–H and O–H groups in total. The number of aryl methyl sites for hydroxylation is 2. The minimum Gasteiger partial charge on any atom is -0.224 e.